The summed E-state index contributed by atoms with van der Waals surface area (Å²) in [4.78, 5) is 18.8. The Hall–Kier alpha value is -2.15. The second kappa shape index (κ2) is 10.4. The maximum absolute atomic E-state index is 13.0. The normalized spacial score (nSPS) is 16.7. The number of likely N-dealkylation sites (tertiary alicyclic amines) is 1. The summed E-state index contributed by atoms with van der Waals surface area (Å²) in [6.07, 6.45) is 2.03. The van der Waals surface area contributed by atoms with E-state index < -0.39 is 5.41 Å². The van der Waals surface area contributed by atoms with Crippen LogP contribution in [-0.2, 0) is 11.3 Å². The first-order valence-electron chi connectivity index (χ1n) is 10.1. The van der Waals surface area contributed by atoms with Crippen molar-refractivity contribution in [2.45, 2.75) is 46.2 Å². The Morgan fingerprint density at radius 3 is 2.43 bits per heavy atom. The molecule has 6 nitrogen and oxygen atoms in total. The Morgan fingerprint density at radius 1 is 1.21 bits per heavy atom. The van der Waals surface area contributed by atoms with Crippen LogP contribution in [0.3, 0.4) is 0 Å². The molecule has 2 rings (SSSR count). The minimum atomic E-state index is -0.508. The van der Waals surface area contributed by atoms with Crippen molar-refractivity contribution in [3.63, 3.8) is 0 Å². The molecule has 7 heteroatoms. The first-order chi connectivity index (χ1) is 13.3. The topological polar surface area (TPSA) is 68.8 Å². The van der Waals surface area contributed by atoms with E-state index in [0.717, 1.165) is 44.0 Å². The minimum absolute atomic E-state index is 0.0343. The molecule has 156 valence electrons. The van der Waals surface area contributed by atoms with Gasteiger partial charge in [-0.05, 0) is 51.3 Å². The van der Waals surface area contributed by atoms with Crippen molar-refractivity contribution < 1.29 is 9.18 Å². The molecule has 1 saturated heterocycles. The second-order valence-corrected chi connectivity index (χ2v) is 7.99. The highest BCUT2D eigenvalue weighted by atomic mass is 19.1. The van der Waals surface area contributed by atoms with Crippen LogP contribution in [0, 0.1) is 11.2 Å². The summed E-state index contributed by atoms with van der Waals surface area (Å²) in [5, 5.41) is 9.62. The summed E-state index contributed by atoms with van der Waals surface area (Å²) < 4.78 is 13.0. The maximum Gasteiger partial charge on any atom is 0.227 e. The van der Waals surface area contributed by atoms with Gasteiger partial charge in [0.2, 0.25) is 5.91 Å². The number of halogens is 1. The van der Waals surface area contributed by atoms with E-state index in [0.29, 0.717) is 19.1 Å². The summed E-state index contributed by atoms with van der Waals surface area (Å²) in [5.41, 5.74) is 0.629. The van der Waals surface area contributed by atoms with E-state index in [1.807, 2.05) is 32.9 Å². The average molecular weight is 392 g/mol. The number of aliphatic imine (C=N–C) groups is 1. The van der Waals surface area contributed by atoms with Crippen molar-refractivity contribution in [1.29, 1.82) is 0 Å². The van der Waals surface area contributed by atoms with Gasteiger partial charge in [0, 0.05) is 45.8 Å². The zero-order chi connectivity index (χ0) is 20.6. The molecular weight excluding hydrogens is 357 g/mol. The predicted octanol–water partition coefficient (Wildman–Crippen LogP) is 2.12. The van der Waals surface area contributed by atoms with Gasteiger partial charge >= 0.3 is 0 Å². The van der Waals surface area contributed by atoms with Crippen LogP contribution in [0.15, 0.2) is 29.3 Å². The average Bonchev–Trinajstić information content (AvgIpc) is 2.68. The lowest BCUT2D eigenvalue weighted by atomic mass is 9.92. The molecule has 0 saturated carbocycles. The quantitative estimate of drug-likeness (QED) is 0.492. The fourth-order valence-electron chi connectivity index (χ4n) is 3.26. The van der Waals surface area contributed by atoms with E-state index in [2.05, 4.69) is 25.8 Å². The molecule has 1 aliphatic heterocycles. The zero-order valence-corrected chi connectivity index (χ0v) is 17.5. The van der Waals surface area contributed by atoms with Crippen LogP contribution in [-0.4, -0.2) is 56.0 Å². The molecule has 0 spiro atoms. The predicted molar refractivity (Wildman–Crippen MR) is 112 cm³/mol. The number of nitrogens with zero attached hydrogens (tertiary/aromatic N) is 2. The number of amides is 1. The number of hydrogen-bond acceptors (Lipinski definition) is 3. The number of rotatable bonds is 7. The Labute approximate surface area is 168 Å². The first-order valence-corrected chi connectivity index (χ1v) is 10.1. The van der Waals surface area contributed by atoms with E-state index in [4.69, 9.17) is 0 Å². The molecule has 0 unspecified atom stereocenters. The van der Waals surface area contributed by atoms with Crippen molar-refractivity contribution in [2.75, 3.05) is 33.2 Å². The summed E-state index contributed by atoms with van der Waals surface area (Å²) in [6, 6.07) is 7.08. The third-order valence-corrected chi connectivity index (χ3v) is 5.12. The lowest BCUT2D eigenvalue weighted by Crippen LogP contribution is -2.51. The van der Waals surface area contributed by atoms with Crippen LogP contribution in [0.2, 0.25) is 0 Å². The fourth-order valence-corrected chi connectivity index (χ4v) is 3.26. The van der Waals surface area contributed by atoms with Crippen LogP contribution in [0.25, 0.3) is 0 Å². The number of benzene rings is 1. The molecule has 1 aromatic carbocycles. The van der Waals surface area contributed by atoms with Gasteiger partial charge in [-0.3, -0.25) is 14.7 Å². The third kappa shape index (κ3) is 6.78. The Bertz CT molecular complexity index is 651. The number of carbonyl (C=O) groups excluding carboxylic acids is 1. The molecule has 1 amide bonds. The third-order valence-electron chi connectivity index (χ3n) is 5.12. The monoisotopic (exact) mass is 391 g/mol. The van der Waals surface area contributed by atoms with Crippen molar-refractivity contribution in [1.82, 2.24) is 20.9 Å². The fraction of sp³-hybridized carbons (Fsp3) is 0.619. The molecule has 3 N–H and O–H groups in total. The van der Waals surface area contributed by atoms with Crippen LogP contribution in [0.5, 0.6) is 0 Å². The Kier molecular flexibility index (Phi) is 8.23. The molecule has 0 radical (unpaired) electrons. The van der Waals surface area contributed by atoms with E-state index in [1.165, 1.54) is 12.1 Å². The number of carbonyl (C=O) groups is 1. The van der Waals surface area contributed by atoms with Crippen LogP contribution >= 0.6 is 0 Å². The van der Waals surface area contributed by atoms with Gasteiger partial charge in [0.15, 0.2) is 5.96 Å². The largest absolute Gasteiger partial charge is 0.356 e. The molecule has 28 heavy (non-hydrogen) atoms. The highest BCUT2D eigenvalue weighted by molar-refractivity contribution is 5.84. The number of guanidine groups is 1. The van der Waals surface area contributed by atoms with Gasteiger partial charge in [-0.1, -0.05) is 12.1 Å². The molecule has 1 aliphatic rings. The van der Waals surface area contributed by atoms with Crippen molar-refractivity contribution >= 4 is 11.9 Å². The molecule has 1 aromatic rings. The van der Waals surface area contributed by atoms with Crippen LogP contribution < -0.4 is 16.0 Å². The SMILES string of the molecule is CCNC(=O)C(C)(C)CNC(=NC)NC1CCN(Cc2ccc(F)cc2)CC1. The first kappa shape index (κ1) is 22.1. The highest BCUT2D eigenvalue weighted by Crippen LogP contribution is 2.15. The number of piperidine rings is 1. The standard InChI is InChI=1S/C21H34FN5O/c1-5-24-19(28)21(2,3)15-25-20(23-4)26-18-10-12-27(13-11-18)14-16-6-8-17(22)9-7-16/h6-9,18H,5,10-15H2,1-4H3,(H,24,28)(H2,23,25,26). The highest BCUT2D eigenvalue weighted by Gasteiger charge is 2.27. The molecule has 0 bridgehead atoms. The van der Waals surface area contributed by atoms with E-state index >= 15 is 0 Å². The smallest absolute Gasteiger partial charge is 0.227 e. The van der Waals surface area contributed by atoms with E-state index in [-0.39, 0.29) is 11.7 Å². The molecular formula is C21H34FN5O. The Morgan fingerprint density at radius 2 is 1.86 bits per heavy atom. The summed E-state index contributed by atoms with van der Waals surface area (Å²) in [7, 11) is 1.75. The lowest BCUT2D eigenvalue weighted by Gasteiger charge is -2.33. The lowest BCUT2D eigenvalue weighted by molar-refractivity contribution is -0.128. The maximum atomic E-state index is 13.0. The summed E-state index contributed by atoms with van der Waals surface area (Å²) in [6.45, 7) is 9.73. The van der Waals surface area contributed by atoms with Crippen molar-refractivity contribution in [3.8, 4) is 0 Å². The summed E-state index contributed by atoms with van der Waals surface area (Å²) in [5.74, 6) is 0.572. The van der Waals surface area contributed by atoms with Gasteiger partial charge in [0.25, 0.3) is 0 Å². The van der Waals surface area contributed by atoms with Gasteiger partial charge in [0.05, 0.1) is 5.41 Å². The van der Waals surface area contributed by atoms with Gasteiger partial charge in [0.1, 0.15) is 5.82 Å². The van der Waals surface area contributed by atoms with Crippen LogP contribution in [0.4, 0.5) is 4.39 Å². The van der Waals surface area contributed by atoms with E-state index in [1.54, 1.807) is 7.05 Å². The number of hydrogen-bond donors (Lipinski definition) is 3. The van der Waals surface area contributed by atoms with Gasteiger partial charge in [-0.15, -0.1) is 0 Å². The molecule has 0 aromatic heterocycles. The van der Waals surface area contributed by atoms with Gasteiger partial charge in [-0.2, -0.15) is 0 Å². The van der Waals surface area contributed by atoms with Crippen molar-refractivity contribution in [3.05, 3.63) is 35.6 Å². The second-order valence-electron chi connectivity index (χ2n) is 7.99. The Balaban J connectivity index is 1.76. The minimum Gasteiger partial charge on any atom is -0.356 e. The van der Waals surface area contributed by atoms with E-state index in [9.17, 15) is 9.18 Å². The number of nitrogens with one attached hydrogen (secondary N) is 3. The molecule has 1 heterocycles. The van der Waals surface area contributed by atoms with Gasteiger partial charge in [-0.25, -0.2) is 4.39 Å². The van der Waals surface area contributed by atoms with Crippen molar-refractivity contribution in [2.24, 2.45) is 10.4 Å². The van der Waals surface area contributed by atoms with Crippen LogP contribution in [0.1, 0.15) is 39.2 Å². The zero-order valence-electron chi connectivity index (χ0n) is 17.5. The molecule has 1 fully saturated rings. The van der Waals surface area contributed by atoms with Gasteiger partial charge < -0.3 is 16.0 Å². The molecule has 0 aliphatic carbocycles. The molecule has 0 atom stereocenters. The summed E-state index contributed by atoms with van der Waals surface area (Å²) >= 11 is 0.